The Bertz CT molecular complexity index is 750. The largest absolute Gasteiger partial charge is 0.336 e. The SMILES string of the molecule is C[C@H](Sc1n[nH]c(-c2ccccc2Br)n1)C(=O)N1CCNC1=O. The summed E-state index contributed by atoms with van der Waals surface area (Å²) in [6.45, 7) is 2.64. The van der Waals surface area contributed by atoms with E-state index in [1.807, 2.05) is 24.3 Å². The number of hydrogen-bond donors (Lipinski definition) is 2. The van der Waals surface area contributed by atoms with Gasteiger partial charge in [0.1, 0.15) is 0 Å². The first-order valence-electron chi connectivity index (χ1n) is 6.99. The molecule has 7 nitrogen and oxygen atoms in total. The summed E-state index contributed by atoms with van der Waals surface area (Å²) in [5.41, 5.74) is 0.893. The zero-order chi connectivity index (χ0) is 16.4. The molecule has 0 unspecified atom stereocenters. The van der Waals surface area contributed by atoms with Crippen LogP contribution in [0.3, 0.4) is 0 Å². The molecule has 0 bridgehead atoms. The molecule has 3 amide bonds. The Hall–Kier alpha value is -1.87. The first-order chi connectivity index (χ1) is 11.1. The van der Waals surface area contributed by atoms with E-state index in [1.165, 1.54) is 16.7 Å². The molecule has 9 heteroatoms. The van der Waals surface area contributed by atoms with E-state index in [4.69, 9.17) is 0 Å². The quantitative estimate of drug-likeness (QED) is 0.774. The molecule has 23 heavy (non-hydrogen) atoms. The number of urea groups is 1. The normalized spacial score (nSPS) is 15.6. The van der Waals surface area contributed by atoms with Crippen LogP contribution in [0.1, 0.15) is 6.92 Å². The van der Waals surface area contributed by atoms with E-state index in [0.29, 0.717) is 24.1 Å². The summed E-state index contributed by atoms with van der Waals surface area (Å²) >= 11 is 4.69. The third kappa shape index (κ3) is 3.40. The summed E-state index contributed by atoms with van der Waals surface area (Å²) < 4.78 is 0.908. The van der Waals surface area contributed by atoms with Crippen molar-refractivity contribution in [2.45, 2.75) is 17.3 Å². The molecule has 0 spiro atoms. The summed E-state index contributed by atoms with van der Waals surface area (Å²) in [5, 5.41) is 9.65. The second-order valence-corrected chi connectivity index (χ2v) is 7.09. The van der Waals surface area contributed by atoms with Gasteiger partial charge >= 0.3 is 6.03 Å². The lowest BCUT2D eigenvalue weighted by Crippen LogP contribution is -2.38. The van der Waals surface area contributed by atoms with Gasteiger partial charge in [-0.1, -0.05) is 45.9 Å². The summed E-state index contributed by atoms with van der Waals surface area (Å²) in [4.78, 5) is 29.4. The number of H-pyrrole nitrogens is 1. The molecule has 1 atom stereocenters. The predicted molar refractivity (Wildman–Crippen MR) is 89.9 cm³/mol. The monoisotopic (exact) mass is 395 g/mol. The zero-order valence-corrected chi connectivity index (χ0v) is 14.6. The number of aromatic amines is 1. The summed E-state index contributed by atoms with van der Waals surface area (Å²) in [6, 6.07) is 7.33. The van der Waals surface area contributed by atoms with Crippen molar-refractivity contribution in [1.82, 2.24) is 25.4 Å². The van der Waals surface area contributed by atoms with Crippen LogP contribution in [0.4, 0.5) is 4.79 Å². The molecule has 2 heterocycles. The Kier molecular flexibility index (Phi) is 4.67. The van der Waals surface area contributed by atoms with Gasteiger partial charge in [0.25, 0.3) is 0 Å². The number of halogens is 1. The maximum absolute atomic E-state index is 12.3. The van der Waals surface area contributed by atoms with Gasteiger partial charge in [-0.15, -0.1) is 5.10 Å². The van der Waals surface area contributed by atoms with E-state index in [9.17, 15) is 9.59 Å². The summed E-state index contributed by atoms with van der Waals surface area (Å²) in [5.74, 6) is 0.385. The van der Waals surface area contributed by atoms with Gasteiger partial charge in [-0.2, -0.15) is 0 Å². The molecule has 0 aliphatic carbocycles. The maximum Gasteiger partial charge on any atom is 0.324 e. The van der Waals surface area contributed by atoms with Gasteiger partial charge in [0.2, 0.25) is 11.1 Å². The third-order valence-electron chi connectivity index (χ3n) is 3.35. The van der Waals surface area contributed by atoms with E-state index in [-0.39, 0.29) is 11.9 Å². The molecule has 2 N–H and O–H groups in total. The molecule has 2 aromatic rings. The number of aromatic nitrogens is 3. The van der Waals surface area contributed by atoms with Crippen LogP contribution in [0, 0.1) is 0 Å². The number of rotatable bonds is 4. The van der Waals surface area contributed by atoms with Crippen LogP contribution in [-0.2, 0) is 4.79 Å². The van der Waals surface area contributed by atoms with E-state index < -0.39 is 5.25 Å². The molecular formula is C14H14BrN5O2S. The lowest BCUT2D eigenvalue weighted by Gasteiger charge is -2.15. The van der Waals surface area contributed by atoms with Crippen molar-refractivity contribution in [2.24, 2.45) is 0 Å². The van der Waals surface area contributed by atoms with Crippen LogP contribution in [0.5, 0.6) is 0 Å². The van der Waals surface area contributed by atoms with Crippen LogP contribution in [0.2, 0.25) is 0 Å². The average Bonchev–Trinajstić information content (AvgIpc) is 3.16. The van der Waals surface area contributed by atoms with Crippen LogP contribution in [0.25, 0.3) is 11.4 Å². The molecule has 1 aliphatic heterocycles. The zero-order valence-electron chi connectivity index (χ0n) is 12.2. The van der Waals surface area contributed by atoms with E-state index in [0.717, 1.165) is 10.0 Å². The van der Waals surface area contributed by atoms with Gasteiger partial charge in [0, 0.05) is 23.1 Å². The predicted octanol–water partition coefficient (Wildman–Crippen LogP) is 2.27. The number of carbonyl (C=O) groups excluding carboxylic acids is 2. The number of carbonyl (C=O) groups is 2. The number of imide groups is 1. The van der Waals surface area contributed by atoms with Crippen molar-refractivity contribution in [3.05, 3.63) is 28.7 Å². The molecule has 1 aliphatic rings. The Labute approximate surface area is 145 Å². The standard InChI is InChI=1S/C14H14BrN5O2S/c1-8(12(21)20-7-6-16-14(20)22)23-13-17-11(18-19-13)9-4-2-3-5-10(9)15/h2-5,8H,6-7H2,1H3,(H,16,22)(H,17,18,19)/t8-/m0/s1. The molecule has 0 saturated carbocycles. The minimum atomic E-state index is -0.443. The molecule has 0 radical (unpaired) electrons. The number of nitrogens with one attached hydrogen (secondary N) is 2. The van der Waals surface area contributed by atoms with Crippen LogP contribution >= 0.6 is 27.7 Å². The van der Waals surface area contributed by atoms with Crippen molar-refractivity contribution in [2.75, 3.05) is 13.1 Å². The fourth-order valence-electron chi connectivity index (χ4n) is 2.18. The number of thioether (sulfide) groups is 1. The van der Waals surface area contributed by atoms with Gasteiger partial charge in [-0.25, -0.2) is 9.78 Å². The Balaban J connectivity index is 1.70. The lowest BCUT2D eigenvalue weighted by molar-refractivity contribution is -0.126. The highest BCUT2D eigenvalue weighted by Gasteiger charge is 2.30. The van der Waals surface area contributed by atoms with Crippen molar-refractivity contribution >= 4 is 39.6 Å². The molecule has 1 aromatic carbocycles. The second kappa shape index (κ2) is 6.71. The highest BCUT2D eigenvalue weighted by molar-refractivity contribution is 9.10. The number of amides is 3. The van der Waals surface area contributed by atoms with Gasteiger partial charge in [-0.05, 0) is 13.0 Å². The van der Waals surface area contributed by atoms with Crippen molar-refractivity contribution in [1.29, 1.82) is 0 Å². The van der Waals surface area contributed by atoms with Gasteiger partial charge in [-0.3, -0.25) is 14.8 Å². The van der Waals surface area contributed by atoms with Crippen molar-refractivity contribution in [3.63, 3.8) is 0 Å². The van der Waals surface area contributed by atoms with E-state index >= 15 is 0 Å². The molecule has 1 aromatic heterocycles. The number of hydrogen-bond acceptors (Lipinski definition) is 5. The van der Waals surface area contributed by atoms with E-state index in [1.54, 1.807) is 6.92 Å². The summed E-state index contributed by atoms with van der Waals surface area (Å²) in [7, 11) is 0. The smallest absolute Gasteiger partial charge is 0.324 e. The Morgan fingerprint density at radius 3 is 2.91 bits per heavy atom. The van der Waals surface area contributed by atoms with Crippen molar-refractivity contribution in [3.8, 4) is 11.4 Å². The fourth-order valence-corrected chi connectivity index (χ4v) is 3.44. The highest BCUT2D eigenvalue weighted by Crippen LogP contribution is 2.28. The van der Waals surface area contributed by atoms with Crippen LogP contribution in [0.15, 0.2) is 33.9 Å². The molecule has 3 rings (SSSR count). The minimum Gasteiger partial charge on any atom is -0.336 e. The fraction of sp³-hybridized carbons (Fsp3) is 0.286. The number of nitrogens with zero attached hydrogens (tertiary/aromatic N) is 3. The first-order valence-corrected chi connectivity index (χ1v) is 8.66. The average molecular weight is 396 g/mol. The Morgan fingerprint density at radius 2 is 2.22 bits per heavy atom. The topological polar surface area (TPSA) is 91.0 Å². The third-order valence-corrected chi connectivity index (χ3v) is 4.99. The molecule has 120 valence electrons. The maximum atomic E-state index is 12.3. The van der Waals surface area contributed by atoms with Gasteiger partial charge in [0.05, 0.1) is 5.25 Å². The molecule has 1 fully saturated rings. The van der Waals surface area contributed by atoms with Gasteiger partial charge < -0.3 is 5.32 Å². The lowest BCUT2D eigenvalue weighted by atomic mass is 10.2. The van der Waals surface area contributed by atoms with Crippen LogP contribution in [-0.4, -0.2) is 50.4 Å². The van der Waals surface area contributed by atoms with Crippen LogP contribution < -0.4 is 5.32 Å². The summed E-state index contributed by atoms with van der Waals surface area (Å²) in [6.07, 6.45) is 0. The van der Waals surface area contributed by atoms with Gasteiger partial charge in [0.15, 0.2) is 5.82 Å². The Morgan fingerprint density at radius 1 is 1.43 bits per heavy atom. The van der Waals surface area contributed by atoms with E-state index in [2.05, 4.69) is 36.4 Å². The minimum absolute atomic E-state index is 0.239. The first kappa shape index (κ1) is 16.0. The second-order valence-electron chi connectivity index (χ2n) is 4.93. The van der Waals surface area contributed by atoms with Crippen molar-refractivity contribution < 1.29 is 9.59 Å². The molecular weight excluding hydrogens is 382 g/mol. The number of benzene rings is 1. The highest BCUT2D eigenvalue weighted by atomic mass is 79.9. The molecule has 1 saturated heterocycles.